The number of anilines is 1. The fourth-order valence-electron chi connectivity index (χ4n) is 1.85. The highest BCUT2D eigenvalue weighted by atomic mass is 35.5. The van der Waals surface area contributed by atoms with Gasteiger partial charge in [0.05, 0.1) is 5.69 Å². The molecule has 5 nitrogen and oxygen atoms in total. The zero-order valence-corrected chi connectivity index (χ0v) is 12.3. The van der Waals surface area contributed by atoms with Crippen LogP contribution in [0.4, 0.5) is 5.69 Å². The molecule has 0 aromatic heterocycles. The van der Waals surface area contributed by atoms with Crippen LogP contribution >= 0.6 is 11.6 Å². The number of hydrogen-bond acceptors (Lipinski definition) is 4. The lowest BCUT2D eigenvalue weighted by Crippen LogP contribution is -2.37. The molecule has 102 valence electrons. The largest absolute Gasteiger partial charge is 0.382 e. The predicted octanol–water partition coefficient (Wildman–Crippen LogP) is 1.71. The van der Waals surface area contributed by atoms with E-state index in [0.717, 1.165) is 4.31 Å². The van der Waals surface area contributed by atoms with Crippen LogP contribution in [-0.4, -0.2) is 40.2 Å². The molecule has 0 aliphatic carbocycles. The zero-order chi connectivity index (χ0) is 14.4. The molecule has 2 rings (SSSR count). The van der Waals surface area contributed by atoms with Gasteiger partial charge in [0.15, 0.2) is 4.91 Å². The molecular formula is C12H13ClN2O3S. The molecule has 0 fully saturated rings. The van der Waals surface area contributed by atoms with Crippen molar-refractivity contribution in [2.24, 2.45) is 0 Å². The number of carbonyl (C=O) groups is 1. The molecule has 0 atom stereocenters. The molecule has 0 spiro atoms. The summed E-state index contributed by atoms with van der Waals surface area (Å²) in [6, 6.07) is 4.56. The van der Waals surface area contributed by atoms with Crippen LogP contribution in [0.2, 0.25) is 5.02 Å². The van der Waals surface area contributed by atoms with Gasteiger partial charge in [-0.3, -0.25) is 9.10 Å². The molecule has 1 aromatic rings. The van der Waals surface area contributed by atoms with Gasteiger partial charge in [-0.15, -0.1) is 0 Å². The highest BCUT2D eigenvalue weighted by Crippen LogP contribution is 2.35. The van der Waals surface area contributed by atoms with Crippen LogP contribution < -0.4 is 4.31 Å². The SMILES string of the molecule is CN(C)/C=C1\C(=O)c2cc(Cl)ccc2N(C)S1(=O)=O. The van der Waals surface area contributed by atoms with Crippen LogP contribution in [0.1, 0.15) is 10.4 Å². The standard InChI is InChI=1S/C12H13ClN2O3S/c1-14(2)7-11-12(16)9-6-8(13)4-5-10(9)15(3)19(11,17)18/h4-7H,1-3H3/b11-7+. The average Bonchev–Trinajstić information content (AvgIpc) is 2.32. The summed E-state index contributed by atoms with van der Waals surface area (Å²) >= 11 is 5.86. The van der Waals surface area contributed by atoms with Gasteiger partial charge in [0, 0.05) is 37.9 Å². The van der Waals surface area contributed by atoms with Crippen molar-refractivity contribution in [1.29, 1.82) is 0 Å². The number of ketones is 1. The molecule has 0 saturated carbocycles. The van der Waals surface area contributed by atoms with E-state index in [9.17, 15) is 13.2 Å². The molecule has 19 heavy (non-hydrogen) atoms. The predicted molar refractivity (Wildman–Crippen MR) is 74.9 cm³/mol. The third-order valence-electron chi connectivity index (χ3n) is 2.78. The van der Waals surface area contributed by atoms with Crippen LogP contribution in [0.3, 0.4) is 0 Å². The number of rotatable bonds is 1. The van der Waals surface area contributed by atoms with Crippen molar-refractivity contribution in [3.05, 3.63) is 39.9 Å². The maximum Gasteiger partial charge on any atom is 0.269 e. The normalized spacial score (nSPS) is 19.5. The van der Waals surface area contributed by atoms with E-state index in [-0.39, 0.29) is 10.5 Å². The second-order valence-corrected chi connectivity index (χ2v) is 6.79. The number of halogens is 1. The van der Waals surface area contributed by atoms with E-state index in [1.807, 2.05) is 0 Å². The third kappa shape index (κ3) is 2.21. The molecule has 0 radical (unpaired) electrons. The highest BCUT2D eigenvalue weighted by Gasteiger charge is 2.38. The minimum absolute atomic E-state index is 0.255. The van der Waals surface area contributed by atoms with Gasteiger partial charge >= 0.3 is 0 Å². The molecule has 1 aromatic carbocycles. The van der Waals surface area contributed by atoms with Crippen molar-refractivity contribution in [1.82, 2.24) is 4.90 Å². The van der Waals surface area contributed by atoms with Gasteiger partial charge in [0.1, 0.15) is 0 Å². The van der Waals surface area contributed by atoms with Gasteiger partial charge in [-0.1, -0.05) is 11.6 Å². The topological polar surface area (TPSA) is 57.7 Å². The summed E-state index contributed by atoms with van der Waals surface area (Å²) in [5.74, 6) is -0.538. The lowest BCUT2D eigenvalue weighted by atomic mass is 10.1. The van der Waals surface area contributed by atoms with Gasteiger partial charge in [-0.2, -0.15) is 0 Å². The molecular weight excluding hydrogens is 288 g/mol. The van der Waals surface area contributed by atoms with E-state index in [1.165, 1.54) is 30.3 Å². The van der Waals surface area contributed by atoms with Crippen molar-refractivity contribution in [2.75, 3.05) is 25.4 Å². The van der Waals surface area contributed by atoms with Crippen LogP contribution in [0, 0.1) is 0 Å². The number of fused-ring (bicyclic) bond motifs is 1. The van der Waals surface area contributed by atoms with Crippen LogP contribution in [0.15, 0.2) is 29.3 Å². The number of sulfonamides is 1. The van der Waals surface area contributed by atoms with E-state index in [0.29, 0.717) is 10.7 Å². The molecule has 0 bridgehead atoms. The summed E-state index contributed by atoms with van der Waals surface area (Å²) < 4.78 is 25.7. The van der Waals surface area contributed by atoms with Crippen LogP contribution in [-0.2, 0) is 10.0 Å². The smallest absolute Gasteiger partial charge is 0.269 e. The summed E-state index contributed by atoms with van der Waals surface area (Å²) in [4.78, 5) is 13.6. The highest BCUT2D eigenvalue weighted by molar-refractivity contribution is 7.97. The Bertz CT molecular complexity index is 680. The Morgan fingerprint density at radius 2 is 1.95 bits per heavy atom. The summed E-state index contributed by atoms with van der Waals surface area (Å²) in [5.41, 5.74) is 0.628. The monoisotopic (exact) mass is 300 g/mol. The molecule has 1 aliphatic rings. The van der Waals surface area contributed by atoms with Gasteiger partial charge in [0.25, 0.3) is 10.0 Å². The Morgan fingerprint density at radius 1 is 1.32 bits per heavy atom. The fraction of sp³-hybridized carbons (Fsp3) is 0.250. The van der Waals surface area contributed by atoms with E-state index in [2.05, 4.69) is 0 Å². The van der Waals surface area contributed by atoms with E-state index >= 15 is 0 Å². The minimum Gasteiger partial charge on any atom is -0.382 e. The first kappa shape index (κ1) is 13.9. The maximum absolute atomic E-state index is 12.3. The molecule has 0 N–H and O–H groups in total. The number of allylic oxidation sites excluding steroid dienone is 1. The Labute approximate surface area is 117 Å². The lowest BCUT2D eigenvalue weighted by molar-refractivity contribution is 0.104. The van der Waals surface area contributed by atoms with E-state index < -0.39 is 15.8 Å². The van der Waals surface area contributed by atoms with Crippen molar-refractivity contribution < 1.29 is 13.2 Å². The van der Waals surface area contributed by atoms with Gasteiger partial charge in [0.2, 0.25) is 5.78 Å². The number of carbonyl (C=O) groups excluding carboxylic acids is 1. The Kier molecular flexibility index (Phi) is 3.32. The first-order valence-corrected chi connectivity index (χ1v) is 7.28. The lowest BCUT2D eigenvalue weighted by Gasteiger charge is -2.28. The van der Waals surface area contributed by atoms with Crippen molar-refractivity contribution in [2.45, 2.75) is 0 Å². The van der Waals surface area contributed by atoms with Crippen molar-refractivity contribution in [3.8, 4) is 0 Å². The number of Topliss-reactive ketones (excluding diaryl/α,β-unsaturated/α-hetero) is 1. The molecule has 0 amide bonds. The minimum atomic E-state index is -3.81. The maximum atomic E-state index is 12.3. The van der Waals surface area contributed by atoms with Crippen LogP contribution in [0.25, 0.3) is 0 Å². The molecule has 7 heteroatoms. The molecule has 1 heterocycles. The number of nitrogens with zero attached hydrogens (tertiary/aromatic N) is 2. The number of benzene rings is 1. The molecule has 0 saturated heterocycles. The third-order valence-corrected chi connectivity index (χ3v) is 4.78. The average molecular weight is 301 g/mol. The molecule has 1 aliphatic heterocycles. The van der Waals surface area contributed by atoms with E-state index in [4.69, 9.17) is 11.6 Å². The second-order valence-electron chi connectivity index (χ2n) is 4.42. The van der Waals surface area contributed by atoms with Crippen molar-refractivity contribution in [3.63, 3.8) is 0 Å². The van der Waals surface area contributed by atoms with Crippen LogP contribution in [0.5, 0.6) is 0 Å². The van der Waals surface area contributed by atoms with Gasteiger partial charge in [-0.25, -0.2) is 8.42 Å². The number of hydrogen-bond donors (Lipinski definition) is 0. The van der Waals surface area contributed by atoms with E-state index in [1.54, 1.807) is 20.2 Å². The summed E-state index contributed by atoms with van der Waals surface area (Å²) in [6.07, 6.45) is 1.30. The first-order chi connectivity index (χ1) is 8.75. The van der Waals surface area contributed by atoms with Gasteiger partial charge < -0.3 is 4.90 Å². The Hall–Kier alpha value is -1.53. The Morgan fingerprint density at radius 3 is 2.53 bits per heavy atom. The summed E-state index contributed by atoms with van der Waals surface area (Å²) in [7, 11) is 0.914. The van der Waals surface area contributed by atoms with Gasteiger partial charge in [-0.05, 0) is 18.2 Å². The fourth-order valence-corrected chi connectivity index (χ4v) is 3.42. The molecule has 0 unspecified atom stereocenters. The first-order valence-electron chi connectivity index (χ1n) is 5.46. The Balaban J connectivity index is 2.75. The summed E-state index contributed by atoms with van der Waals surface area (Å²) in [6.45, 7) is 0. The zero-order valence-electron chi connectivity index (χ0n) is 10.7. The summed E-state index contributed by atoms with van der Waals surface area (Å²) in [5, 5.41) is 0.393. The quantitative estimate of drug-likeness (QED) is 0.741. The second kappa shape index (κ2) is 4.54. The van der Waals surface area contributed by atoms with Crippen molar-refractivity contribution >= 4 is 33.1 Å².